The smallest absolute Gasteiger partial charge is 0.263 e. The summed E-state index contributed by atoms with van der Waals surface area (Å²) < 4.78 is 16.6. The van der Waals surface area contributed by atoms with Crippen LogP contribution in [0, 0.1) is 5.92 Å². The van der Waals surface area contributed by atoms with E-state index in [1.165, 1.54) is 0 Å². The van der Waals surface area contributed by atoms with Gasteiger partial charge in [-0.05, 0) is 37.3 Å². The van der Waals surface area contributed by atoms with Crippen LogP contribution in [-0.4, -0.2) is 37.0 Å². The number of carbonyl (C=O) groups excluding carboxylic acids is 2. The summed E-state index contributed by atoms with van der Waals surface area (Å²) in [5.74, 6) is 1.68. The second kappa shape index (κ2) is 9.07. The molecular weight excluding hydrogens is 384 g/mol. The van der Waals surface area contributed by atoms with Crippen molar-refractivity contribution < 1.29 is 23.8 Å². The Morgan fingerprint density at radius 2 is 1.97 bits per heavy atom. The number of carbonyl (C=O) groups is 2. The summed E-state index contributed by atoms with van der Waals surface area (Å²) in [6.45, 7) is 6.14. The molecule has 1 N–H and O–H groups in total. The highest BCUT2D eigenvalue weighted by molar-refractivity contribution is 5.92. The SMILES string of the molecule is COc1ccc(CN2Cc3cc(NC(=O)C(C)C)ccc3O[C@@H](C)C2=O)c(OC)c1. The van der Waals surface area contributed by atoms with Gasteiger partial charge in [-0.15, -0.1) is 0 Å². The number of hydrogen-bond donors (Lipinski definition) is 1. The van der Waals surface area contributed by atoms with E-state index in [4.69, 9.17) is 14.2 Å². The summed E-state index contributed by atoms with van der Waals surface area (Å²) in [5, 5.41) is 2.90. The molecule has 0 unspecified atom stereocenters. The quantitative estimate of drug-likeness (QED) is 0.784. The third-order valence-corrected chi connectivity index (χ3v) is 5.03. The van der Waals surface area contributed by atoms with Crippen molar-refractivity contribution in [1.29, 1.82) is 0 Å². The van der Waals surface area contributed by atoms with Crippen LogP contribution in [0.2, 0.25) is 0 Å². The molecule has 0 spiro atoms. The molecule has 0 fully saturated rings. The minimum Gasteiger partial charge on any atom is -0.497 e. The van der Waals surface area contributed by atoms with E-state index in [0.29, 0.717) is 36.0 Å². The molecule has 30 heavy (non-hydrogen) atoms. The van der Waals surface area contributed by atoms with Crippen LogP contribution in [0.5, 0.6) is 17.2 Å². The molecule has 1 heterocycles. The number of benzene rings is 2. The van der Waals surface area contributed by atoms with Crippen LogP contribution in [-0.2, 0) is 22.7 Å². The molecule has 1 aliphatic heterocycles. The second-order valence-corrected chi connectivity index (χ2v) is 7.60. The first-order valence-electron chi connectivity index (χ1n) is 9.92. The molecule has 0 saturated carbocycles. The van der Waals surface area contributed by atoms with Gasteiger partial charge in [0.05, 0.1) is 14.2 Å². The van der Waals surface area contributed by atoms with E-state index < -0.39 is 6.10 Å². The van der Waals surface area contributed by atoms with Crippen LogP contribution in [0.25, 0.3) is 0 Å². The van der Waals surface area contributed by atoms with E-state index in [-0.39, 0.29) is 17.7 Å². The lowest BCUT2D eigenvalue weighted by Gasteiger charge is -2.23. The monoisotopic (exact) mass is 412 g/mol. The molecule has 3 rings (SSSR count). The Labute approximate surface area is 176 Å². The number of amides is 2. The van der Waals surface area contributed by atoms with Gasteiger partial charge in [0.25, 0.3) is 5.91 Å². The minimum atomic E-state index is -0.619. The number of methoxy groups -OCH3 is 2. The van der Waals surface area contributed by atoms with Gasteiger partial charge in [-0.1, -0.05) is 13.8 Å². The highest BCUT2D eigenvalue weighted by Gasteiger charge is 2.29. The van der Waals surface area contributed by atoms with Crippen molar-refractivity contribution in [1.82, 2.24) is 4.90 Å². The van der Waals surface area contributed by atoms with Gasteiger partial charge < -0.3 is 24.4 Å². The van der Waals surface area contributed by atoms with E-state index in [2.05, 4.69) is 5.32 Å². The standard InChI is InChI=1S/C23H28N2O5/c1-14(2)22(26)24-18-7-9-20-17(10-18)13-25(23(27)15(3)30-20)12-16-6-8-19(28-4)11-21(16)29-5/h6-11,14-15H,12-13H2,1-5H3,(H,24,26)/t15-/m0/s1. The highest BCUT2D eigenvalue weighted by atomic mass is 16.5. The van der Waals surface area contributed by atoms with Crippen molar-refractivity contribution in [3.63, 3.8) is 0 Å². The molecule has 7 heteroatoms. The van der Waals surface area contributed by atoms with Crippen molar-refractivity contribution in [2.45, 2.75) is 40.0 Å². The fourth-order valence-electron chi connectivity index (χ4n) is 3.29. The number of anilines is 1. The molecule has 0 aliphatic carbocycles. The van der Waals surface area contributed by atoms with Gasteiger partial charge in [0.2, 0.25) is 5.91 Å². The Hall–Kier alpha value is -3.22. The summed E-state index contributed by atoms with van der Waals surface area (Å²) in [7, 11) is 3.19. The maximum Gasteiger partial charge on any atom is 0.263 e. The number of hydrogen-bond acceptors (Lipinski definition) is 5. The van der Waals surface area contributed by atoms with Gasteiger partial charge in [0.15, 0.2) is 6.10 Å². The van der Waals surface area contributed by atoms with E-state index in [9.17, 15) is 9.59 Å². The first-order valence-corrected chi connectivity index (χ1v) is 9.92. The fraction of sp³-hybridized carbons (Fsp3) is 0.391. The predicted molar refractivity (Wildman–Crippen MR) is 114 cm³/mol. The van der Waals surface area contributed by atoms with Crippen LogP contribution >= 0.6 is 0 Å². The molecule has 2 aromatic rings. The minimum absolute atomic E-state index is 0.0613. The topological polar surface area (TPSA) is 77.1 Å². The normalized spacial score (nSPS) is 15.9. The lowest BCUT2D eigenvalue weighted by atomic mass is 10.1. The lowest BCUT2D eigenvalue weighted by Crippen LogP contribution is -2.37. The summed E-state index contributed by atoms with van der Waals surface area (Å²) in [4.78, 5) is 26.7. The van der Waals surface area contributed by atoms with E-state index in [1.807, 2.05) is 32.0 Å². The maximum atomic E-state index is 13.0. The van der Waals surface area contributed by atoms with Crippen molar-refractivity contribution >= 4 is 17.5 Å². The average Bonchev–Trinajstić information content (AvgIpc) is 2.84. The Morgan fingerprint density at radius 3 is 2.63 bits per heavy atom. The Bertz CT molecular complexity index is 941. The Kier molecular flexibility index (Phi) is 6.50. The van der Waals surface area contributed by atoms with Crippen LogP contribution in [0.3, 0.4) is 0 Å². The second-order valence-electron chi connectivity index (χ2n) is 7.60. The molecule has 2 amide bonds. The molecule has 1 atom stereocenters. The largest absolute Gasteiger partial charge is 0.497 e. The molecule has 160 valence electrons. The van der Waals surface area contributed by atoms with Crippen LogP contribution in [0.15, 0.2) is 36.4 Å². The highest BCUT2D eigenvalue weighted by Crippen LogP contribution is 2.31. The van der Waals surface area contributed by atoms with Crippen LogP contribution in [0.1, 0.15) is 31.9 Å². The fourth-order valence-corrected chi connectivity index (χ4v) is 3.29. The molecule has 1 aliphatic rings. The van der Waals surface area contributed by atoms with Crippen molar-refractivity contribution in [2.24, 2.45) is 5.92 Å². The van der Waals surface area contributed by atoms with Crippen LogP contribution in [0.4, 0.5) is 5.69 Å². The molecule has 0 radical (unpaired) electrons. The van der Waals surface area contributed by atoms with E-state index >= 15 is 0 Å². The van der Waals surface area contributed by atoms with Gasteiger partial charge >= 0.3 is 0 Å². The zero-order chi connectivity index (χ0) is 21.8. The van der Waals surface area contributed by atoms with E-state index in [0.717, 1.165) is 11.1 Å². The Balaban J connectivity index is 1.88. The number of nitrogens with zero attached hydrogens (tertiary/aromatic N) is 1. The molecule has 0 bridgehead atoms. The van der Waals surface area contributed by atoms with Gasteiger partial charge in [-0.25, -0.2) is 0 Å². The first-order chi connectivity index (χ1) is 14.3. The van der Waals surface area contributed by atoms with Crippen molar-refractivity contribution in [2.75, 3.05) is 19.5 Å². The molecule has 2 aromatic carbocycles. The van der Waals surface area contributed by atoms with Gasteiger partial charge in [-0.2, -0.15) is 0 Å². The van der Waals surface area contributed by atoms with Crippen molar-refractivity contribution in [3.05, 3.63) is 47.5 Å². The Morgan fingerprint density at radius 1 is 1.20 bits per heavy atom. The lowest BCUT2D eigenvalue weighted by molar-refractivity contribution is -0.138. The van der Waals surface area contributed by atoms with Crippen LogP contribution < -0.4 is 19.5 Å². The zero-order valence-electron chi connectivity index (χ0n) is 18.0. The van der Waals surface area contributed by atoms with Gasteiger partial charge in [-0.3, -0.25) is 9.59 Å². The van der Waals surface area contributed by atoms with Gasteiger partial charge in [0, 0.05) is 41.9 Å². The summed E-state index contributed by atoms with van der Waals surface area (Å²) in [6, 6.07) is 11.0. The van der Waals surface area contributed by atoms with Crippen molar-refractivity contribution in [3.8, 4) is 17.2 Å². The maximum absolute atomic E-state index is 13.0. The van der Waals surface area contributed by atoms with Gasteiger partial charge in [0.1, 0.15) is 17.2 Å². The summed E-state index contributed by atoms with van der Waals surface area (Å²) in [5.41, 5.74) is 2.38. The number of nitrogens with one attached hydrogen (secondary N) is 1. The molecule has 7 nitrogen and oxygen atoms in total. The first kappa shape index (κ1) is 21.5. The number of fused-ring (bicyclic) bond motifs is 1. The zero-order valence-corrected chi connectivity index (χ0v) is 18.0. The number of rotatable bonds is 6. The molecular formula is C23H28N2O5. The summed E-state index contributed by atoms with van der Waals surface area (Å²) in [6.07, 6.45) is -0.619. The third kappa shape index (κ3) is 4.67. The molecule has 0 saturated heterocycles. The molecule has 0 aromatic heterocycles. The number of ether oxygens (including phenoxy) is 3. The third-order valence-electron chi connectivity index (χ3n) is 5.03. The summed E-state index contributed by atoms with van der Waals surface area (Å²) >= 11 is 0. The average molecular weight is 412 g/mol. The predicted octanol–water partition coefficient (Wildman–Crippen LogP) is 3.61. The van der Waals surface area contributed by atoms with E-state index in [1.54, 1.807) is 44.2 Å².